The third-order valence-electron chi connectivity index (χ3n) is 4.53. The zero-order chi connectivity index (χ0) is 19.5. The lowest BCUT2D eigenvalue weighted by molar-refractivity contribution is 0.287. The number of benzene rings is 2. The second-order valence-corrected chi connectivity index (χ2v) is 8.28. The molecule has 0 bridgehead atoms. The Morgan fingerprint density at radius 1 is 1.00 bits per heavy atom. The highest BCUT2D eigenvalue weighted by molar-refractivity contribution is 7.89. The first kappa shape index (κ1) is 20.3. The highest BCUT2D eigenvalue weighted by Crippen LogP contribution is 2.27. The van der Waals surface area contributed by atoms with Crippen LogP contribution in [-0.2, 0) is 10.0 Å². The molecule has 0 aliphatic heterocycles. The van der Waals surface area contributed by atoms with Gasteiger partial charge in [0, 0.05) is 0 Å². The minimum atomic E-state index is -3.64. The monoisotopic (exact) mass is 377 g/mol. The fourth-order valence-electron chi connectivity index (χ4n) is 2.67. The molecule has 0 heterocycles. The molecule has 0 saturated heterocycles. The molecule has 2 rings (SSSR count). The summed E-state index contributed by atoms with van der Waals surface area (Å²) < 4.78 is 39.1. The van der Waals surface area contributed by atoms with Crippen LogP contribution in [0.2, 0.25) is 0 Å². The maximum Gasteiger partial charge on any atom is 0.241 e. The van der Waals surface area contributed by atoms with Crippen LogP contribution in [-0.4, -0.2) is 28.2 Å². The van der Waals surface area contributed by atoms with Gasteiger partial charge >= 0.3 is 0 Å². The van der Waals surface area contributed by atoms with Gasteiger partial charge in [0.2, 0.25) is 10.0 Å². The van der Waals surface area contributed by atoms with E-state index >= 15 is 0 Å². The van der Waals surface area contributed by atoms with Gasteiger partial charge in [-0.25, -0.2) is 13.1 Å². The highest BCUT2D eigenvalue weighted by atomic mass is 32.2. The molecule has 6 heteroatoms. The van der Waals surface area contributed by atoms with E-state index in [1.165, 1.54) is 5.56 Å². The van der Waals surface area contributed by atoms with Crippen LogP contribution < -0.4 is 14.2 Å². The van der Waals surface area contributed by atoms with E-state index in [1.54, 1.807) is 33.1 Å². The Labute approximate surface area is 156 Å². The van der Waals surface area contributed by atoms with Gasteiger partial charge in [-0.3, -0.25) is 0 Å². The second kappa shape index (κ2) is 8.10. The van der Waals surface area contributed by atoms with Crippen molar-refractivity contribution in [1.29, 1.82) is 0 Å². The van der Waals surface area contributed by atoms with Crippen LogP contribution in [0.1, 0.15) is 29.2 Å². The number of methoxy groups -OCH3 is 1. The van der Waals surface area contributed by atoms with Crippen molar-refractivity contribution in [3.63, 3.8) is 0 Å². The molecule has 0 unspecified atom stereocenters. The molecule has 5 nitrogen and oxygen atoms in total. The molecular weight excluding hydrogens is 350 g/mol. The Bertz CT molecular complexity index is 891. The summed E-state index contributed by atoms with van der Waals surface area (Å²) in [6, 6.07) is 8.70. The predicted molar refractivity (Wildman–Crippen MR) is 104 cm³/mol. The van der Waals surface area contributed by atoms with Gasteiger partial charge in [0.15, 0.2) is 0 Å². The van der Waals surface area contributed by atoms with Crippen molar-refractivity contribution >= 4 is 10.0 Å². The quantitative estimate of drug-likeness (QED) is 0.799. The zero-order valence-electron chi connectivity index (χ0n) is 16.2. The van der Waals surface area contributed by atoms with E-state index in [2.05, 4.69) is 4.72 Å². The molecule has 2 aromatic carbocycles. The van der Waals surface area contributed by atoms with Crippen LogP contribution in [0.25, 0.3) is 0 Å². The molecule has 0 amide bonds. The number of rotatable bonds is 7. The third kappa shape index (κ3) is 4.56. The summed E-state index contributed by atoms with van der Waals surface area (Å²) >= 11 is 0. The zero-order valence-corrected chi connectivity index (χ0v) is 17.0. The van der Waals surface area contributed by atoms with Crippen molar-refractivity contribution in [2.24, 2.45) is 0 Å². The topological polar surface area (TPSA) is 64.6 Å². The van der Waals surface area contributed by atoms with Crippen molar-refractivity contribution in [2.75, 3.05) is 13.7 Å². The van der Waals surface area contributed by atoms with Crippen LogP contribution in [0.3, 0.4) is 0 Å². The van der Waals surface area contributed by atoms with Crippen LogP contribution in [0.5, 0.6) is 11.5 Å². The number of ether oxygens (including phenoxy) is 2. The average Bonchev–Trinajstić information content (AvgIpc) is 2.57. The van der Waals surface area contributed by atoms with Gasteiger partial charge in [-0.1, -0.05) is 6.07 Å². The molecule has 0 aliphatic rings. The summed E-state index contributed by atoms with van der Waals surface area (Å²) in [5, 5.41) is 0. The Hall–Kier alpha value is -2.05. The predicted octanol–water partition coefficient (Wildman–Crippen LogP) is 3.67. The van der Waals surface area contributed by atoms with Crippen molar-refractivity contribution in [2.45, 2.75) is 45.6 Å². The minimum Gasteiger partial charge on any atom is -0.496 e. The molecule has 0 fully saturated rings. The molecule has 0 spiro atoms. The van der Waals surface area contributed by atoms with E-state index < -0.39 is 10.0 Å². The minimum absolute atomic E-state index is 0.246. The second-order valence-electron chi connectivity index (χ2n) is 6.60. The normalized spacial score (nSPS) is 12.7. The number of hydrogen-bond acceptors (Lipinski definition) is 4. The SMILES string of the molecule is COc1ccc(S(=O)(=O)N[C@@H](C)COc2ccc(C)c(C)c2)c(C)c1C. The van der Waals surface area contributed by atoms with Gasteiger partial charge in [-0.15, -0.1) is 0 Å². The largest absolute Gasteiger partial charge is 0.496 e. The van der Waals surface area contributed by atoms with E-state index in [0.29, 0.717) is 11.3 Å². The lowest BCUT2D eigenvalue weighted by atomic mass is 10.1. The van der Waals surface area contributed by atoms with Gasteiger partial charge in [0.25, 0.3) is 0 Å². The molecule has 1 atom stereocenters. The van der Waals surface area contributed by atoms with Gasteiger partial charge in [0.1, 0.15) is 18.1 Å². The maximum atomic E-state index is 12.7. The van der Waals surface area contributed by atoms with Gasteiger partial charge in [-0.2, -0.15) is 0 Å². The third-order valence-corrected chi connectivity index (χ3v) is 6.27. The molecule has 0 saturated carbocycles. The first-order chi connectivity index (χ1) is 12.2. The first-order valence-electron chi connectivity index (χ1n) is 8.52. The maximum absolute atomic E-state index is 12.7. The van der Waals surface area contributed by atoms with E-state index in [0.717, 1.165) is 16.9 Å². The number of sulfonamides is 1. The van der Waals surface area contributed by atoms with Gasteiger partial charge in [-0.05, 0) is 81.1 Å². The lowest BCUT2D eigenvalue weighted by Gasteiger charge is -2.18. The smallest absolute Gasteiger partial charge is 0.241 e. The fourth-order valence-corrected chi connectivity index (χ4v) is 4.20. The summed E-state index contributed by atoms with van der Waals surface area (Å²) in [5.41, 5.74) is 3.82. The van der Waals surface area contributed by atoms with Crippen molar-refractivity contribution < 1.29 is 17.9 Å². The van der Waals surface area contributed by atoms with Crippen molar-refractivity contribution in [3.05, 3.63) is 52.6 Å². The molecule has 0 aliphatic carbocycles. The fraction of sp³-hybridized carbons (Fsp3) is 0.400. The Morgan fingerprint density at radius 3 is 2.31 bits per heavy atom. The van der Waals surface area contributed by atoms with Crippen LogP contribution in [0.4, 0.5) is 0 Å². The summed E-state index contributed by atoms with van der Waals surface area (Å²) in [5.74, 6) is 1.41. The summed E-state index contributed by atoms with van der Waals surface area (Å²) in [4.78, 5) is 0.258. The Kier molecular flexibility index (Phi) is 6.31. The summed E-state index contributed by atoms with van der Waals surface area (Å²) in [6.07, 6.45) is 0. The number of nitrogens with one attached hydrogen (secondary N) is 1. The molecule has 2 aromatic rings. The summed E-state index contributed by atoms with van der Waals surface area (Å²) in [7, 11) is -2.07. The number of aryl methyl sites for hydroxylation is 2. The van der Waals surface area contributed by atoms with E-state index in [9.17, 15) is 8.42 Å². The van der Waals surface area contributed by atoms with Crippen molar-refractivity contribution in [1.82, 2.24) is 4.72 Å². The highest BCUT2D eigenvalue weighted by Gasteiger charge is 2.22. The standard InChI is InChI=1S/C20H27NO4S/c1-13-7-8-18(11-14(13)2)25-12-15(3)21-26(22,23)20-10-9-19(24-6)16(4)17(20)5/h7-11,15,21H,12H2,1-6H3/t15-/m0/s1. The van der Waals surface area contributed by atoms with Crippen LogP contribution >= 0.6 is 0 Å². The average molecular weight is 378 g/mol. The molecule has 26 heavy (non-hydrogen) atoms. The first-order valence-corrected chi connectivity index (χ1v) is 10.0. The van der Waals surface area contributed by atoms with Gasteiger partial charge in [0.05, 0.1) is 18.0 Å². The Morgan fingerprint density at radius 2 is 1.69 bits per heavy atom. The van der Waals surface area contributed by atoms with Crippen molar-refractivity contribution in [3.8, 4) is 11.5 Å². The van der Waals surface area contributed by atoms with Gasteiger partial charge < -0.3 is 9.47 Å². The number of hydrogen-bond donors (Lipinski definition) is 1. The van der Waals surface area contributed by atoms with Crippen LogP contribution in [0, 0.1) is 27.7 Å². The molecule has 0 aromatic heterocycles. The lowest BCUT2D eigenvalue weighted by Crippen LogP contribution is -2.37. The molecule has 1 N–H and O–H groups in total. The molecular formula is C20H27NO4S. The summed E-state index contributed by atoms with van der Waals surface area (Å²) in [6.45, 7) is 9.71. The Balaban J connectivity index is 2.08. The molecule has 142 valence electrons. The van der Waals surface area contributed by atoms with E-state index in [1.807, 2.05) is 39.0 Å². The van der Waals surface area contributed by atoms with E-state index in [4.69, 9.17) is 9.47 Å². The van der Waals surface area contributed by atoms with Crippen LogP contribution in [0.15, 0.2) is 35.2 Å². The molecule has 0 radical (unpaired) electrons. The van der Waals surface area contributed by atoms with E-state index in [-0.39, 0.29) is 17.5 Å².